The molecule has 2 aromatic heterocycles. The Balaban J connectivity index is 2.81. The fourth-order valence-corrected chi connectivity index (χ4v) is 2.72. The molecule has 0 amide bonds. The summed E-state index contributed by atoms with van der Waals surface area (Å²) in [6.07, 6.45) is 2.70. The van der Waals surface area contributed by atoms with Gasteiger partial charge in [0.1, 0.15) is 0 Å². The molecule has 0 aliphatic carbocycles. The van der Waals surface area contributed by atoms with Crippen molar-refractivity contribution in [3.05, 3.63) is 27.2 Å². The van der Waals surface area contributed by atoms with Crippen molar-refractivity contribution < 1.29 is 0 Å². The van der Waals surface area contributed by atoms with E-state index in [1.807, 2.05) is 0 Å². The van der Waals surface area contributed by atoms with Gasteiger partial charge in [-0.05, 0) is 25.9 Å². The molecule has 0 radical (unpaired) electrons. The van der Waals surface area contributed by atoms with Crippen LogP contribution in [0.4, 0.5) is 0 Å². The fraction of sp³-hybridized carbons (Fsp3) is 0.615. The summed E-state index contributed by atoms with van der Waals surface area (Å²) in [5, 5.41) is 0. The zero-order valence-corrected chi connectivity index (χ0v) is 12.7. The van der Waals surface area contributed by atoms with E-state index in [-0.39, 0.29) is 24.7 Å². The number of nitrogens with two attached hydrogens (primary N) is 3. The lowest BCUT2D eigenvalue weighted by atomic mass is 10.1. The van der Waals surface area contributed by atoms with E-state index in [0.717, 1.165) is 4.57 Å². The molecule has 0 atom stereocenters. The van der Waals surface area contributed by atoms with E-state index in [2.05, 4.69) is 4.98 Å². The van der Waals surface area contributed by atoms with Crippen LogP contribution in [0.2, 0.25) is 0 Å². The van der Waals surface area contributed by atoms with E-state index in [0.29, 0.717) is 37.1 Å². The second-order valence-electron chi connectivity index (χ2n) is 5.23. The number of imidazole rings is 1. The summed E-state index contributed by atoms with van der Waals surface area (Å²) in [4.78, 5) is 29.5. The maximum Gasteiger partial charge on any atom is 0.333 e. The summed E-state index contributed by atoms with van der Waals surface area (Å²) in [5.41, 5.74) is 16.8. The molecule has 9 nitrogen and oxygen atoms in total. The van der Waals surface area contributed by atoms with Crippen LogP contribution in [-0.2, 0) is 13.6 Å². The second-order valence-corrected chi connectivity index (χ2v) is 5.23. The number of rotatable bonds is 7. The minimum Gasteiger partial charge on any atom is -0.330 e. The number of fused-ring (bicyclic) bond motifs is 1. The van der Waals surface area contributed by atoms with Gasteiger partial charge in [-0.3, -0.25) is 13.9 Å². The highest BCUT2D eigenvalue weighted by molar-refractivity contribution is 5.70. The lowest BCUT2D eigenvalue weighted by molar-refractivity contribution is 0.422. The van der Waals surface area contributed by atoms with Gasteiger partial charge in [0.25, 0.3) is 5.56 Å². The third-order valence-electron chi connectivity index (χ3n) is 3.75. The molecule has 122 valence electrons. The fourth-order valence-electron chi connectivity index (χ4n) is 2.72. The summed E-state index contributed by atoms with van der Waals surface area (Å²) < 4.78 is 4.30. The highest BCUT2D eigenvalue weighted by Gasteiger charge is 2.21. The lowest BCUT2D eigenvalue weighted by Crippen LogP contribution is -2.43. The largest absolute Gasteiger partial charge is 0.333 e. The number of hydrogen-bond acceptors (Lipinski definition) is 6. The topological polar surface area (TPSA) is 140 Å². The van der Waals surface area contributed by atoms with Gasteiger partial charge in [0.05, 0.1) is 6.33 Å². The third kappa shape index (κ3) is 2.70. The molecule has 0 bridgehead atoms. The maximum absolute atomic E-state index is 12.7. The molecule has 0 unspecified atom stereocenters. The summed E-state index contributed by atoms with van der Waals surface area (Å²) in [6.45, 7) is 1.20. The Hall–Kier alpha value is -1.97. The summed E-state index contributed by atoms with van der Waals surface area (Å²) in [7, 11) is 1.72. The predicted octanol–water partition coefficient (Wildman–Crippen LogP) is -1.91. The van der Waals surface area contributed by atoms with Gasteiger partial charge in [-0.25, -0.2) is 9.78 Å². The van der Waals surface area contributed by atoms with Crippen LogP contribution >= 0.6 is 0 Å². The van der Waals surface area contributed by atoms with Crippen LogP contribution in [0.25, 0.3) is 11.2 Å². The molecule has 22 heavy (non-hydrogen) atoms. The van der Waals surface area contributed by atoms with Crippen LogP contribution in [0.1, 0.15) is 18.9 Å². The molecule has 2 heterocycles. The van der Waals surface area contributed by atoms with Crippen LogP contribution in [0.3, 0.4) is 0 Å². The molecule has 0 aromatic carbocycles. The van der Waals surface area contributed by atoms with Crippen LogP contribution in [0.15, 0.2) is 15.9 Å². The Morgan fingerprint density at radius 1 is 1.14 bits per heavy atom. The SMILES string of the molecule is Cn1cnc2c1c(=O)n(CCN)c(=O)n2C(CCN)CCN. The van der Waals surface area contributed by atoms with Gasteiger partial charge in [-0.2, -0.15) is 0 Å². The summed E-state index contributed by atoms with van der Waals surface area (Å²) >= 11 is 0. The van der Waals surface area contributed by atoms with Gasteiger partial charge in [0.15, 0.2) is 11.2 Å². The van der Waals surface area contributed by atoms with Crippen molar-refractivity contribution in [2.24, 2.45) is 24.2 Å². The average Bonchev–Trinajstić information content (AvgIpc) is 2.86. The standard InChI is InChI=1S/C13H23N7O2/c1-18-8-17-11-10(18)12(21)19(7-6-16)13(22)20(11)9(2-4-14)3-5-15/h8-9H,2-7,14-16H2,1H3. The molecular weight excluding hydrogens is 286 g/mol. The van der Waals surface area contributed by atoms with Crippen LogP contribution in [0.5, 0.6) is 0 Å². The van der Waals surface area contributed by atoms with E-state index in [1.165, 1.54) is 10.9 Å². The molecule has 2 aromatic rings. The average molecular weight is 309 g/mol. The summed E-state index contributed by atoms with van der Waals surface area (Å²) in [5.74, 6) is 0. The zero-order chi connectivity index (χ0) is 16.3. The Bertz CT molecular complexity index is 752. The van der Waals surface area contributed by atoms with Crippen molar-refractivity contribution in [1.29, 1.82) is 0 Å². The quantitative estimate of drug-likeness (QED) is 0.545. The Morgan fingerprint density at radius 2 is 1.77 bits per heavy atom. The number of aromatic nitrogens is 4. The molecule has 0 aliphatic heterocycles. The highest BCUT2D eigenvalue weighted by Crippen LogP contribution is 2.17. The third-order valence-corrected chi connectivity index (χ3v) is 3.75. The van der Waals surface area contributed by atoms with Gasteiger partial charge in [0, 0.05) is 26.2 Å². The first-order chi connectivity index (χ1) is 10.6. The van der Waals surface area contributed by atoms with Crippen molar-refractivity contribution in [2.45, 2.75) is 25.4 Å². The molecule has 0 fully saturated rings. The Morgan fingerprint density at radius 3 is 2.32 bits per heavy atom. The molecular formula is C13H23N7O2. The van der Waals surface area contributed by atoms with Gasteiger partial charge in [-0.1, -0.05) is 0 Å². The first-order valence-electron chi connectivity index (χ1n) is 7.33. The van der Waals surface area contributed by atoms with Crippen LogP contribution in [0, 0.1) is 0 Å². The normalized spacial score (nSPS) is 11.7. The molecule has 0 saturated heterocycles. The van der Waals surface area contributed by atoms with Crippen LogP contribution in [-0.4, -0.2) is 38.3 Å². The first-order valence-corrected chi connectivity index (χ1v) is 7.33. The van der Waals surface area contributed by atoms with Crippen molar-refractivity contribution in [3.63, 3.8) is 0 Å². The van der Waals surface area contributed by atoms with E-state index in [4.69, 9.17) is 17.2 Å². The number of aryl methyl sites for hydroxylation is 1. The molecule has 9 heteroatoms. The smallest absolute Gasteiger partial charge is 0.330 e. The Labute approximate surface area is 127 Å². The number of hydrogen-bond donors (Lipinski definition) is 3. The monoisotopic (exact) mass is 309 g/mol. The predicted molar refractivity (Wildman–Crippen MR) is 84.7 cm³/mol. The Kier molecular flexibility index (Phi) is 5.11. The molecule has 0 spiro atoms. The van der Waals surface area contributed by atoms with Gasteiger partial charge in [-0.15, -0.1) is 0 Å². The highest BCUT2D eigenvalue weighted by atomic mass is 16.2. The molecule has 0 aliphatic rings. The van der Waals surface area contributed by atoms with Crippen LogP contribution < -0.4 is 28.5 Å². The second kappa shape index (κ2) is 6.86. The van der Waals surface area contributed by atoms with Crippen molar-refractivity contribution in [3.8, 4) is 0 Å². The van der Waals surface area contributed by atoms with Gasteiger partial charge >= 0.3 is 5.69 Å². The summed E-state index contributed by atoms with van der Waals surface area (Å²) in [6, 6.07) is -0.190. The van der Waals surface area contributed by atoms with Gasteiger partial charge in [0.2, 0.25) is 0 Å². The number of nitrogens with zero attached hydrogens (tertiary/aromatic N) is 4. The van der Waals surface area contributed by atoms with Crippen molar-refractivity contribution in [1.82, 2.24) is 18.7 Å². The minimum atomic E-state index is -0.409. The molecule has 0 saturated carbocycles. The molecule has 6 N–H and O–H groups in total. The lowest BCUT2D eigenvalue weighted by Gasteiger charge is -2.20. The minimum absolute atomic E-state index is 0.163. The van der Waals surface area contributed by atoms with E-state index in [1.54, 1.807) is 11.6 Å². The first kappa shape index (κ1) is 16.4. The van der Waals surface area contributed by atoms with Crippen molar-refractivity contribution >= 4 is 11.2 Å². The molecule has 2 rings (SSSR count). The van der Waals surface area contributed by atoms with Gasteiger partial charge < -0.3 is 21.8 Å². The maximum atomic E-state index is 12.7. The van der Waals surface area contributed by atoms with E-state index < -0.39 is 5.69 Å². The zero-order valence-electron chi connectivity index (χ0n) is 12.7. The van der Waals surface area contributed by atoms with E-state index in [9.17, 15) is 9.59 Å². The van der Waals surface area contributed by atoms with E-state index >= 15 is 0 Å². The van der Waals surface area contributed by atoms with Crippen molar-refractivity contribution in [2.75, 3.05) is 19.6 Å².